The minimum Gasteiger partial charge on any atom is -0.314 e. The molecule has 1 aliphatic rings. The second kappa shape index (κ2) is 8.13. The Bertz CT molecular complexity index is 170. The molecule has 1 N–H and O–H groups in total. The summed E-state index contributed by atoms with van der Waals surface area (Å²) in [6.07, 6.45) is 10.0. The van der Waals surface area contributed by atoms with Crippen LogP contribution >= 0.6 is 0 Å². The largest absolute Gasteiger partial charge is 0.314 e. The number of hydrogen-bond donors (Lipinski definition) is 1. The van der Waals surface area contributed by atoms with E-state index in [9.17, 15) is 0 Å². The van der Waals surface area contributed by atoms with Gasteiger partial charge < -0.3 is 5.32 Å². The fraction of sp³-hybridized carbons (Fsp3) is 1.00. The highest BCUT2D eigenvalue weighted by atomic mass is 14.9. The Hall–Kier alpha value is -0.0400. The first-order valence-electron chi connectivity index (χ1n) is 7.81. The van der Waals surface area contributed by atoms with E-state index in [1.807, 2.05) is 0 Å². The molecule has 0 aromatic carbocycles. The molecule has 1 nitrogen and oxygen atoms in total. The fourth-order valence-electron chi connectivity index (χ4n) is 3.19. The maximum absolute atomic E-state index is 3.81. The summed E-state index contributed by atoms with van der Waals surface area (Å²) in [7, 11) is 0. The predicted octanol–water partition coefficient (Wildman–Crippen LogP) is 4.62. The van der Waals surface area contributed by atoms with E-state index in [0.717, 1.165) is 23.8 Å². The van der Waals surface area contributed by atoms with Crippen LogP contribution in [0.25, 0.3) is 0 Å². The van der Waals surface area contributed by atoms with Crippen LogP contribution in [0.1, 0.15) is 72.6 Å². The van der Waals surface area contributed by atoms with Crippen LogP contribution in [0.4, 0.5) is 0 Å². The molecule has 0 radical (unpaired) electrons. The highest BCUT2D eigenvalue weighted by molar-refractivity contribution is 4.73. The van der Waals surface area contributed by atoms with Gasteiger partial charge in [0, 0.05) is 6.04 Å². The summed E-state index contributed by atoms with van der Waals surface area (Å²) in [5.74, 6) is 2.66. The van der Waals surface area contributed by atoms with Crippen LogP contribution in [-0.4, -0.2) is 12.6 Å². The molecule has 0 spiro atoms. The monoisotopic (exact) mass is 239 g/mol. The lowest BCUT2D eigenvalue weighted by atomic mass is 9.95. The number of rotatable bonds is 8. The first-order chi connectivity index (χ1) is 8.08. The van der Waals surface area contributed by atoms with Crippen LogP contribution in [0.2, 0.25) is 0 Å². The third-order valence-corrected chi connectivity index (χ3v) is 3.97. The maximum atomic E-state index is 3.81. The minimum atomic E-state index is 0.747. The normalized spacial score (nSPS) is 17.8. The van der Waals surface area contributed by atoms with E-state index < -0.39 is 0 Å². The van der Waals surface area contributed by atoms with Crippen molar-refractivity contribution >= 4 is 0 Å². The summed E-state index contributed by atoms with van der Waals surface area (Å²) in [5.41, 5.74) is 0. The summed E-state index contributed by atoms with van der Waals surface area (Å²) in [6.45, 7) is 10.6. The second-order valence-corrected chi connectivity index (χ2v) is 6.85. The molecule has 0 unspecified atom stereocenters. The van der Waals surface area contributed by atoms with Gasteiger partial charge >= 0.3 is 0 Å². The molecule has 0 saturated heterocycles. The van der Waals surface area contributed by atoms with Crippen molar-refractivity contribution < 1.29 is 0 Å². The van der Waals surface area contributed by atoms with Gasteiger partial charge in [-0.15, -0.1) is 0 Å². The van der Waals surface area contributed by atoms with Crippen LogP contribution in [-0.2, 0) is 0 Å². The summed E-state index contributed by atoms with van der Waals surface area (Å²) in [6, 6.07) is 0.747. The Balaban J connectivity index is 2.17. The van der Waals surface area contributed by atoms with E-state index >= 15 is 0 Å². The lowest BCUT2D eigenvalue weighted by molar-refractivity contribution is 0.346. The summed E-state index contributed by atoms with van der Waals surface area (Å²) >= 11 is 0. The Morgan fingerprint density at radius 2 is 1.47 bits per heavy atom. The molecule has 17 heavy (non-hydrogen) atoms. The van der Waals surface area contributed by atoms with Gasteiger partial charge in [-0.25, -0.2) is 0 Å². The molecule has 1 aliphatic carbocycles. The van der Waals surface area contributed by atoms with Gasteiger partial charge in [0.05, 0.1) is 0 Å². The molecule has 1 fully saturated rings. The first kappa shape index (κ1) is 15.0. The topological polar surface area (TPSA) is 12.0 Å². The van der Waals surface area contributed by atoms with Crippen molar-refractivity contribution in [1.82, 2.24) is 5.32 Å². The molecular weight excluding hydrogens is 206 g/mol. The van der Waals surface area contributed by atoms with Crippen molar-refractivity contribution in [3.8, 4) is 0 Å². The van der Waals surface area contributed by atoms with E-state index in [-0.39, 0.29) is 0 Å². The molecule has 1 saturated carbocycles. The quantitative estimate of drug-likeness (QED) is 0.652. The van der Waals surface area contributed by atoms with E-state index in [2.05, 4.69) is 33.0 Å². The highest BCUT2D eigenvalue weighted by Crippen LogP contribution is 2.27. The molecule has 0 atom stereocenters. The van der Waals surface area contributed by atoms with Crippen molar-refractivity contribution in [1.29, 1.82) is 0 Å². The molecule has 0 aromatic heterocycles. The molecule has 0 heterocycles. The first-order valence-corrected chi connectivity index (χ1v) is 7.81. The Kier molecular flexibility index (Phi) is 7.18. The number of nitrogens with one attached hydrogen (secondary N) is 1. The van der Waals surface area contributed by atoms with Gasteiger partial charge in [-0.3, -0.25) is 0 Å². The van der Waals surface area contributed by atoms with Crippen LogP contribution in [0.5, 0.6) is 0 Å². The molecule has 0 aromatic rings. The summed E-state index contributed by atoms with van der Waals surface area (Å²) < 4.78 is 0. The minimum absolute atomic E-state index is 0.747. The van der Waals surface area contributed by atoms with Crippen LogP contribution in [0, 0.1) is 17.8 Å². The SMILES string of the molecule is CC(C)CC(CC(C)C)NCCC1CCCC1. The second-order valence-electron chi connectivity index (χ2n) is 6.85. The van der Waals surface area contributed by atoms with Crippen molar-refractivity contribution in [3.05, 3.63) is 0 Å². The van der Waals surface area contributed by atoms with Gasteiger partial charge in [0.2, 0.25) is 0 Å². The van der Waals surface area contributed by atoms with E-state index in [0.29, 0.717) is 0 Å². The zero-order valence-electron chi connectivity index (χ0n) is 12.5. The highest BCUT2D eigenvalue weighted by Gasteiger charge is 2.16. The Labute approximate surface area is 109 Å². The smallest absolute Gasteiger partial charge is 0.00719 e. The molecule has 102 valence electrons. The molecular formula is C16H33N. The number of hydrogen-bond acceptors (Lipinski definition) is 1. The molecule has 1 rings (SSSR count). The standard InChI is InChI=1S/C16H33N/c1-13(2)11-16(12-14(3)4)17-10-9-15-7-5-6-8-15/h13-17H,5-12H2,1-4H3. The molecule has 0 bridgehead atoms. The third kappa shape index (κ3) is 7.08. The van der Waals surface area contributed by atoms with Gasteiger partial charge in [-0.2, -0.15) is 0 Å². The van der Waals surface area contributed by atoms with Crippen molar-refractivity contribution in [2.24, 2.45) is 17.8 Å². The summed E-state index contributed by atoms with van der Waals surface area (Å²) in [4.78, 5) is 0. The van der Waals surface area contributed by atoms with Crippen molar-refractivity contribution in [2.75, 3.05) is 6.54 Å². The fourth-order valence-corrected chi connectivity index (χ4v) is 3.19. The van der Waals surface area contributed by atoms with E-state index in [1.54, 1.807) is 0 Å². The van der Waals surface area contributed by atoms with Gasteiger partial charge in [0.1, 0.15) is 0 Å². The zero-order valence-corrected chi connectivity index (χ0v) is 12.5. The van der Waals surface area contributed by atoms with Crippen molar-refractivity contribution in [3.63, 3.8) is 0 Å². The summed E-state index contributed by atoms with van der Waals surface area (Å²) in [5, 5.41) is 3.81. The molecule has 0 aliphatic heterocycles. The molecule has 0 amide bonds. The average molecular weight is 239 g/mol. The Morgan fingerprint density at radius 1 is 0.941 bits per heavy atom. The van der Waals surface area contributed by atoms with Crippen molar-refractivity contribution in [2.45, 2.75) is 78.7 Å². The Morgan fingerprint density at radius 3 is 1.94 bits per heavy atom. The average Bonchev–Trinajstić information content (AvgIpc) is 2.68. The van der Waals surface area contributed by atoms with Crippen LogP contribution in [0.15, 0.2) is 0 Å². The zero-order chi connectivity index (χ0) is 12.7. The van der Waals surface area contributed by atoms with Crippen LogP contribution in [0.3, 0.4) is 0 Å². The van der Waals surface area contributed by atoms with E-state index in [1.165, 1.54) is 51.5 Å². The van der Waals surface area contributed by atoms with Gasteiger partial charge in [0.15, 0.2) is 0 Å². The lowest BCUT2D eigenvalue weighted by Gasteiger charge is -2.23. The molecule has 1 heteroatoms. The van der Waals surface area contributed by atoms with Gasteiger partial charge in [-0.1, -0.05) is 53.4 Å². The van der Waals surface area contributed by atoms with Gasteiger partial charge in [0.25, 0.3) is 0 Å². The van der Waals surface area contributed by atoms with Gasteiger partial charge in [-0.05, 0) is 43.6 Å². The lowest BCUT2D eigenvalue weighted by Crippen LogP contribution is -2.33. The van der Waals surface area contributed by atoms with E-state index in [4.69, 9.17) is 0 Å². The third-order valence-electron chi connectivity index (χ3n) is 3.97. The predicted molar refractivity (Wildman–Crippen MR) is 77.3 cm³/mol. The van der Waals surface area contributed by atoms with Crippen LogP contribution < -0.4 is 5.32 Å². The maximum Gasteiger partial charge on any atom is 0.00719 e.